The van der Waals surface area contributed by atoms with Gasteiger partial charge in [-0.15, -0.1) is 0 Å². The van der Waals surface area contributed by atoms with Crippen LogP contribution < -0.4 is 15.0 Å². The van der Waals surface area contributed by atoms with E-state index in [0.717, 1.165) is 6.07 Å². The van der Waals surface area contributed by atoms with Gasteiger partial charge in [-0.05, 0) is 31.2 Å². The minimum absolute atomic E-state index is 0.0325. The first-order chi connectivity index (χ1) is 14.4. The maximum absolute atomic E-state index is 12.6. The van der Waals surface area contributed by atoms with Gasteiger partial charge in [0.25, 0.3) is 11.6 Å². The molecule has 2 aromatic rings. The molecule has 1 fully saturated rings. The van der Waals surface area contributed by atoms with Crippen LogP contribution in [0.2, 0.25) is 0 Å². The molecule has 3 rings (SSSR count). The van der Waals surface area contributed by atoms with Crippen LogP contribution in [-0.2, 0) is 4.74 Å². The van der Waals surface area contributed by atoms with E-state index in [0.29, 0.717) is 32.0 Å². The van der Waals surface area contributed by atoms with E-state index in [2.05, 4.69) is 5.32 Å². The topological polar surface area (TPSA) is 137 Å². The van der Waals surface area contributed by atoms with Crippen molar-refractivity contribution in [2.24, 2.45) is 0 Å². The zero-order chi connectivity index (χ0) is 21.7. The van der Waals surface area contributed by atoms with Crippen LogP contribution in [0.25, 0.3) is 0 Å². The summed E-state index contributed by atoms with van der Waals surface area (Å²) in [6, 6.07) is 8.24. The van der Waals surface area contributed by atoms with Crippen LogP contribution in [0, 0.1) is 20.2 Å². The molecule has 0 radical (unpaired) electrons. The number of hydrogen-bond donors (Lipinski definition) is 1. The number of benzene rings is 2. The Morgan fingerprint density at radius 3 is 2.43 bits per heavy atom. The highest BCUT2D eigenvalue weighted by Gasteiger charge is 2.23. The molecule has 1 aliphatic heterocycles. The van der Waals surface area contributed by atoms with E-state index in [1.54, 1.807) is 19.1 Å². The van der Waals surface area contributed by atoms with Gasteiger partial charge in [0.2, 0.25) is 0 Å². The minimum atomic E-state index is -0.635. The molecule has 0 spiro atoms. The molecule has 1 aliphatic rings. The number of rotatable bonds is 7. The number of nitro benzene ring substituents is 2. The molecule has 1 heterocycles. The zero-order valence-corrected chi connectivity index (χ0v) is 16.2. The average Bonchev–Trinajstić information content (AvgIpc) is 2.74. The summed E-state index contributed by atoms with van der Waals surface area (Å²) in [5.41, 5.74) is 0.203. The Balaban J connectivity index is 1.84. The van der Waals surface area contributed by atoms with E-state index in [1.165, 1.54) is 18.2 Å². The predicted molar refractivity (Wildman–Crippen MR) is 108 cm³/mol. The van der Waals surface area contributed by atoms with Crippen molar-refractivity contribution in [1.29, 1.82) is 0 Å². The van der Waals surface area contributed by atoms with E-state index >= 15 is 0 Å². The minimum Gasteiger partial charge on any atom is -0.487 e. The smallest absolute Gasteiger partial charge is 0.311 e. The van der Waals surface area contributed by atoms with E-state index in [1.807, 2.05) is 4.90 Å². The highest BCUT2D eigenvalue weighted by Crippen LogP contribution is 2.32. The monoisotopic (exact) mass is 416 g/mol. The Kier molecular flexibility index (Phi) is 6.42. The maximum Gasteiger partial charge on any atom is 0.311 e. The van der Waals surface area contributed by atoms with E-state index in [9.17, 15) is 25.0 Å². The molecule has 0 bridgehead atoms. The van der Waals surface area contributed by atoms with Gasteiger partial charge in [0.1, 0.15) is 5.69 Å². The van der Waals surface area contributed by atoms with Gasteiger partial charge in [0, 0.05) is 36.5 Å². The van der Waals surface area contributed by atoms with Crippen LogP contribution >= 0.6 is 0 Å². The van der Waals surface area contributed by atoms with Crippen molar-refractivity contribution in [1.82, 2.24) is 0 Å². The summed E-state index contributed by atoms with van der Waals surface area (Å²) < 4.78 is 10.5. The Labute approximate surface area is 171 Å². The average molecular weight is 416 g/mol. The molecule has 1 saturated heterocycles. The first-order valence-corrected chi connectivity index (χ1v) is 9.24. The third kappa shape index (κ3) is 4.63. The van der Waals surface area contributed by atoms with Gasteiger partial charge in [-0.2, -0.15) is 0 Å². The van der Waals surface area contributed by atoms with Crippen LogP contribution in [0.15, 0.2) is 36.4 Å². The molecule has 0 saturated carbocycles. The van der Waals surface area contributed by atoms with Crippen molar-refractivity contribution < 1.29 is 24.1 Å². The number of carbonyl (C=O) groups is 1. The van der Waals surface area contributed by atoms with Gasteiger partial charge in [-0.1, -0.05) is 0 Å². The van der Waals surface area contributed by atoms with Crippen LogP contribution in [0.3, 0.4) is 0 Å². The highest BCUT2D eigenvalue weighted by atomic mass is 16.6. The second-order valence-corrected chi connectivity index (χ2v) is 6.39. The second-order valence-electron chi connectivity index (χ2n) is 6.39. The Hall–Kier alpha value is -3.73. The maximum atomic E-state index is 12.6. The Morgan fingerprint density at radius 2 is 1.80 bits per heavy atom. The third-order valence-corrected chi connectivity index (χ3v) is 4.50. The van der Waals surface area contributed by atoms with Crippen LogP contribution in [0.4, 0.5) is 22.7 Å². The molecule has 1 amide bonds. The van der Waals surface area contributed by atoms with Gasteiger partial charge < -0.3 is 19.7 Å². The third-order valence-electron chi connectivity index (χ3n) is 4.50. The lowest BCUT2D eigenvalue weighted by Gasteiger charge is -2.28. The number of nitrogens with one attached hydrogen (secondary N) is 1. The number of hydrogen-bond acceptors (Lipinski definition) is 8. The second kappa shape index (κ2) is 9.18. The van der Waals surface area contributed by atoms with E-state index in [-0.39, 0.29) is 35.0 Å². The fourth-order valence-electron chi connectivity index (χ4n) is 3.10. The number of carbonyl (C=O) groups excluding carboxylic acids is 1. The number of nitro groups is 2. The van der Waals surface area contributed by atoms with Gasteiger partial charge in [-0.25, -0.2) is 0 Å². The molecule has 0 aromatic heterocycles. The van der Waals surface area contributed by atoms with Crippen molar-refractivity contribution >= 4 is 28.7 Å². The van der Waals surface area contributed by atoms with Crippen LogP contribution in [0.5, 0.6) is 5.75 Å². The van der Waals surface area contributed by atoms with Crippen molar-refractivity contribution in [3.05, 3.63) is 62.2 Å². The number of anilines is 2. The van der Waals surface area contributed by atoms with Crippen LogP contribution in [0.1, 0.15) is 17.3 Å². The SMILES string of the molecule is CCOc1ccc(C(=O)Nc2ccc(N3CCOCC3)c([N+](=O)[O-])c2)cc1[N+](=O)[O-]. The van der Waals surface area contributed by atoms with Crippen molar-refractivity contribution in [3.63, 3.8) is 0 Å². The fourth-order valence-corrected chi connectivity index (χ4v) is 3.10. The molecular formula is C19H20N4O7. The van der Waals surface area contributed by atoms with Gasteiger partial charge in [0.05, 0.1) is 29.7 Å². The number of amides is 1. The molecule has 11 nitrogen and oxygen atoms in total. The molecule has 0 aliphatic carbocycles. The van der Waals surface area contributed by atoms with E-state index in [4.69, 9.17) is 9.47 Å². The molecule has 30 heavy (non-hydrogen) atoms. The summed E-state index contributed by atoms with van der Waals surface area (Å²) >= 11 is 0. The lowest BCUT2D eigenvalue weighted by molar-refractivity contribution is -0.385. The van der Waals surface area contributed by atoms with Crippen molar-refractivity contribution in [2.45, 2.75) is 6.92 Å². The number of nitrogens with zero attached hydrogens (tertiary/aromatic N) is 3. The number of ether oxygens (including phenoxy) is 2. The molecule has 1 N–H and O–H groups in total. The summed E-state index contributed by atoms with van der Waals surface area (Å²) in [6.45, 7) is 3.95. The lowest BCUT2D eigenvalue weighted by atomic mass is 10.1. The van der Waals surface area contributed by atoms with Crippen molar-refractivity contribution in [3.8, 4) is 5.75 Å². The predicted octanol–water partition coefficient (Wildman–Crippen LogP) is 2.99. The normalized spacial score (nSPS) is 13.6. The molecule has 0 unspecified atom stereocenters. The first kappa shape index (κ1) is 21.0. The molecule has 0 atom stereocenters. The Morgan fingerprint density at radius 1 is 1.10 bits per heavy atom. The largest absolute Gasteiger partial charge is 0.487 e. The quantitative estimate of drug-likeness (QED) is 0.537. The summed E-state index contributed by atoms with van der Waals surface area (Å²) in [4.78, 5) is 36.0. The summed E-state index contributed by atoms with van der Waals surface area (Å²) in [5, 5.41) is 25.3. The molecular weight excluding hydrogens is 396 g/mol. The zero-order valence-electron chi connectivity index (χ0n) is 16.2. The number of morpholine rings is 1. The summed E-state index contributed by atoms with van der Waals surface area (Å²) in [7, 11) is 0. The Bertz CT molecular complexity index is 973. The van der Waals surface area contributed by atoms with Crippen molar-refractivity contribution in [2.75, 3.05) is 43.1 Å². The molecule has 158 valence electrons. The standard InChI is InChI=1S/C19H20N4O7/c1-2-30-18-6-3-13(11-17(18)23(27)28)19(24)20-14-4-5-15(16(12-14)22(25)26)21-7-9-29-10-8-21/h3-6,11-12H,2,7-10H2,1H3,(H,20,24). The fraction of sp³-hybridized carbons (Fsp3) is 0.316. The van der Waals surface area contributed by atoms with Gasteiger partial charge in [-0.3, -0.25) is 25.0 Å². The molecule has 11 heteroatoms. The summed E-state index contributed by atoms with van der Waals surface area (Å²) in [5.74, 6) is -0.570. The lowest BCUT2D eigenvalue weighted by Crippen LogP contribution is -2.36. The first-order valence-electron chi connectivity index (χ1n) is 9.24. The van der Waals surface area contributed by atoms with Gasteiger partial charge in [0.15, 0.2) is 5.75 Å². The highest BCUT2D eigenvalue weighted by molar-refractivity contribution is 6.05. The van der Waals surface area contributed by atoms with E-state index < -0.39 is 15.8 Å². The van der Waals surface area contributed by atoms with Crippen LogP contribution in [-0.4, -0.2) is 48.7 Å². The molecule has 2 aromatic carbocycles. The van der Waals surface area contributed by atoms with Gasteiger partial charge >= 0.3 is 5.69 Å². The summed E-state index contributed by atoms with van der Waals surface area (Å²) in [6.07, 6.45) is 0.